The SMILES string of the molecule is O=C(C1=CC2=C(C1)N(c1ccc3c(c1)N=C3)CO2)N1CCCC1. The summed E-state index contributed by atoms with van der Waals surface area (Å²) in [4.78, 5) is 20.9. The van der Waals surface area contributed by atoms with E-state index in [4.69, 9.17) is 4.74 Å². The van der Waals surface area contributed by atoms with Gasteiger partial charge >= 0.3 is 0 Å². The number of allylic oxidation sites excluding steroid dienone is 2. The molecule has 5 heteroatoms. The lowest BCUT2D eigenvalue weighted by molar-refractivity contribution is -0.126. The van der Waals surface area contributed by atoms with Crippen molar-refractivity contribution in [3.63, 3.8) is 0 Å². The molecule has 0 atom stereocenters. The number of hydrogen-bond donors (Lipinski definition) is 0. The lowest BCUT2D eigenvalue weighted by Crippen LogP contribution is -2.29. The van der Waals surface area contributed by atoms with Crippen LogP contribution in [0.4, 0.5) is 11.4 Å². The molecule has 3 aliphatic heterocycles. The van der Waals surface area contributed by atoms with Crippen molar-refractivity contribution < 1.29 is 9.53 Å². The third-order valence-electron chi connectivity index (χ3n) is 4.96. The summed E-state index contributed by atoms with van der Waals surface area (Å²) in [6.07, 6.45) is 6.68. The highest BCUT2D eigenvalue weighted by Crippen LogP contribution is 2.40. The maximum absolute atomic E-state index is 12.6. The predicted molar refractivity (Wildman–Crippen MR) is 87.7 cm³/mol. The van der Waals surface area contributed by atoms with Crippen molar-refractivity contribution in [1.82, 2.24) is 4.90 Å². The molecule has 116 valence electrons. The third-order valence-corrected chi connectivity index (χ3v) is 4.96. The van der Waals surface area contributed by atoms with E-state index < -0.39 is 0 Å². The first-order valence-electron chi connectivity index (χ1n) is 8.11. The molecule has 5 rings (SSSR count). The first-order chi connectivity index (χ1) is 11.3. The molecule has 0 radical (unpaired) electrons. The largest absolute Gasteiger partial charge is 0.471 e. The number of hydrogen-bond acceptors (Lipinski definition) is 4. The van der Waals surface area contributed by atoms with Crippen LogP contribution in [0, 0.1) is 0 Å². The van der Waals surface area contributed by atoms with Crippen LogP contribution in [0.1, 0.15) is 24.8 Å². The van der Waals surface area contributed by atoms with Gasteiger partial charge in [0.1, 0.15) is 5.76 Å². The van der Waals surface area contributed by atoms with E-state index in [2.05, 4.69) is 28.1 Å². The molecule has 0 bridgehead atoms. The van der Waals surface area contributed by atoms with Gasteiger partial charge in [-0.3, -0.25) is 9.79 Å². The van der Waals surface area contributed by atoms with Crippen LogP contribution in [-0.2, 0) is 9.53 Å². The molecule has 3 heterocycles. The molecule has 0 N–H and O–H groups in total. The van der Waals surface area contributed by atoms with Crippen LogP contribution >= 0.6 is 0 Å². The first kappa shape index (κ1) is 12.9. The summed E-state index contributed by atoms with van der Waals surface area (Å²) in [6, 6.07) is 6.24. The van der Waals surface area contributed by atoms with Gasteiger partial charge in [-0.1, -0.05) is 0 Å². The summed E-state index contributed by atoms with van der Waals surface area (Å²) in [5.74, 6) is 1.01. The molecular formula is C18H17N3O2. The molecular weight excluding hydrogens is 290 g/mol. The van der Waals surface area contributed by atoms with Crippen molar-refractivity contribution >= 4 is 23.5 Å². The minimum Gasteiger partial charge on any atom is -0.471 e. The van der Waals surface area contributed by atoms with Crippen LogP contribution in [-0.4, -0.2) is 36.8 Å². The van der Waals surface area contributed by atoms with E-state index in [1.165, 1.54) is 5.56 Å². The number of fused-ring (bicyclic) bond motifs is 1. The second-order valence-corrected chi connectivity index (χ2v) is 6.36. The molecule has 1 aromatic carbocycles. The maximum Gasteiger partial charge on any atom is 0.250 e. The van der Waals surface area contributed by atoms with Crippen molar-refractivity contribution in [2.75, 3.05) is 24.7 Å². The minimum absolute atomic E-state index is 0.169. The second-order valence-electron chi connectivity index (χ2n) is 6.36. The highest BCUT2D eigenvalue weighted by atomic mass is 16.5. The van der Waals surface area contributed by atoms with Gasteiger partial charge in [0.05, 0.1) is 11.4 Å². The van der Waals surface area contributed by atoms with Gasteiger partial charge in [0.15, 0.2) is 6.73 Å². The molecule has 1 saturated heterocycles. The molecule has 1 fully saturated rings. The van der Waals surface area contributed by atoms with Gasteiger partial charge in [-0.15, -0.1) is 0 Å². The van der Waals surface area contributed by atoms with E-state index in [-0.39, 0.29) is 5.91 Å². The molecule has 1 aromatic rings. The standard InChI is InChI=1S/C18H17N3O2/c22-18(20-5-1-2-6-20)13-7-16-17(8-13)23-11-21(16)14-4-3-12-10-19-15(12)9-14/h3-4,8-10H,1-2,5-7,11H2. The Morgan fingerprint density at radius 2 is 2.09 bits per heavy atom. The van der Waals surface area contributed by atoms with Gasteiger partial charge in [0.2, 0.25) is 5.91 Å². The summed E-state index contributed by atoms with van der Waals surface area (Å²) < 4.78 is 5.80. The molecule has 4 aliphatic rings. The number of amides is 1. The average molecular weight is 307 g/mol. The summed E-state index contributed by atoms with van der Waals surface area (Å²) in [7, 11) is 0. The molecule has 1 aliphatic carbocycles. The minimum atomic E-state index is 0.169. The summed E-state index contributed by atoms with van der Waals surface area (Å²) in [6.45, 7) is 2.28. The Kier molecular flexibility index (Phi) is 2.65. The lowest BCUT2D eigenvalue weighted by atomic mass is 10.1. The summed E-state index contributed by atoms with van der Waals surface area (Å²) >= 11 is 0. The summed E-state index contributed by atoms with van der Waals surface area (Å²) in [5, 5.41) is 0. The fraction of sp³-hybridized carbons (Fsp3) is 0.333. The molecule has 0 spiro atoms. The molecule has 0 aromatic heterocycles. The number of rotatable bonds is 2. The number of benzene rings is 1. The van der Waals surface area contributed by atoms with Gasteiger partial charge in [-0.05, 0) is 37.1 Å². The molecule has 0 unspecified atom stereocenters. The monoisotopic (exact) mass is 307 g/mol. The van der Waals surface area contributed by atoms with E-state index in [0.29, 0.717) is 13.2 Å². The Morgan fingerprint density at radius 1 is 1.22 bits per heavy atom. The van der Waals surface area contributed by atoms with Crippen LogP contribution in [0.15, 0.2) is 46.3 Å². The van der Waals surface area contributed by atoms with Crippen LogP contribution in [0.5, 0.6) is 0 Å². The molecule has 5 nitrogen and oxygen atoms in total. The Hall–Kier alpha value is -2.56. The van der Waals surface area contributed by atoms with E-state index in [1.54, 1.807) is 0 Å². The number of ether oxygens (including phenoxy) is 1. The van der Waals surface area contributed by atoms with Crippen LogP contribution in [0.3, 0.4) is 0 Å². The second kappa shape index (κ2) is 4.72. The molecule has 0 saturated carbocycles. The van der Waals surface area contributed by atoms with Gasteiger partial charge in [-0.2, -0.15) is 0 Å². The fourth-order valence-corrected chi connectivity index (χ4v) is 3.61. The van der Waals surface area contributed by atoms with Crippen molar-refractivity contribution in [1.29, 1.82) is 0 Å². The first-order valence-corrected chi connectivity index (χ1v) is 8.11. The van der Waals surface area contributed by atoms with Crippen molar-refractivity contribution in [3.8, 4) is 0 Å². The van der Waals surface area contributed by atoms with Gasteiger partial charge < -0.3 is 14.5 Å². The molecule has 23 heavy (non-hydrogen) atoms. The Labute approximate surface area is 134 Å². The lowest BCUT2D eigenvalue weighted by Gasteiger charge is -2.23. The maximum atomic E-state index is 12.6. The van der Waals surface area contributed by atoms with E-state index in [0.717, 1.165) is 54.3 Å². The quantitative estimate of drug-likeness (QED) is 0.857. The number of nitrogens with zero attached hydrogens (tertiary/aromatic N) is 3. The number of likely N-dealkylation sites (tertiary alicyclic amines) is 1. The third kappa shape index (κ3) is 1.92. The van der Waals surface area contributed by atoms with Crippen LogP contribution in [0.25, 0.3) is 0 Å². The zero-order valence-corrected chi connectivity index (χ0v) is 12.8. The topological polar surface area (TPSA) is 45.1 Å². The average Bonchev–Trinajstić information content (AvgIpc) is 3.24. The smallest absolute Gasteiger partial charge is 0.250 e. The highest BCUT2D eigenvalue weighted by Gasteiger charge is 2.34. The van der Waals surface area contributed by atoms with Crippen LogP contribution in [0.2, 0.25) is 0 Å². The number of carbonyl (C=O) groups is 1. The number of anilines is 1. The van der Waals surface area contributed by atoms with Crippen LogP contribution < -0.4 is 4.90 Å². The molecule has 1 amide bonds. The van der Waals surface area contributed by atoms with E-state index >= 15 is 0 Å². The van der Waals surface area contributed by atoms with Crippen molar-refractivity contribution in [2.45, 2.75) is 19.3 Å². The van der Waals surface area contributed by atoms with Crippen molar-refractivity contribution in [3.05, 3.63) is 46.9 Å². The summed E-state index contributed by atoms with van der Waals surface area (Å²) in [5.41, 5.74) is 5.22. The van der Waals surface area contributed by atoms with E-state index in [1.807, 2.05) is 17.2 Å². The number of aliphatic imine (C=N–C) groups is 1. The van der Waals surface area contributed by atoms with Gasteiger partial charge in [0, 0.05) is 42.5 Å². The normalized spacial score (nSPS) is 21.1. The van der Waals surface area contributed by atoms with Gasteiger partial charge in [0.25, 0.3) is 0 Å². The fourth-order valence-electron chi connectivity index (χ4n) is 3.61. The van der Waals surface area contributed by atoms with E-state index in [9.17, 15) is 4.79 Å². The zero-order valence-electron chi connectivity index (χ0n) is 12.8. The Morgan fingerprint density at radius 3 is 2.83 bits per heavy atom. The van der Waals surface area contributed by atoms with Crippen molar-refractivity contribution in [2.24, 2.45) is 4.99 Å². The Balaban J connectivity index is 1.37. The Bertz CT molecular complexity index is 800. The zero-order chi connectivity index (χ0) is 15.4. The number of carbonyl (C=O) groups excluding carboxylic acids is 1. The highest BCUT2D eigenvalue weighted by molar-refractivity contribution is 5.98. The van der Waals surface area contributed by atoms with Gasteiger partial charge in [-0.25, -0.2) is 0 Å². The predicted octanol–water partition coefficient (Wildman–Crippen LogP) is 2.71.